The fraction of sp³-hybridized carbons (Fsp3) is 0.295. The van der Waals surface area contributed by atoms with Crippen molar-refractivity contribution < 1.29 is 13.2 Å². The first kappa shape index (κ1) is 40.2. The summed E-state index contributed by atoms with van der Waals surface area (Å²) in [4.78, 5) is 21.3. The summed E-state index contributed by atoms with van der Waals surface area (Å²) in [5.41, 5.74) is 6.46. The van der Waals surface area contributed by atoms with Crippen LogP contribution in [0.4, 0.5) is 17.1 Å². The molecule has 11 heteroatoms. The average Bonchev–Trinajstić information content (AvgIpc) is 3.20. The number of benzene rings is 5. The number of carbonyl (C=O) groups excluding carboxylic acids is 1. The van der Waals surface area contributed by atoms with E-state index in [0.29, 0.717) is 6.04 Å². The molecule has 1 fully saturated rings. The average molecular weight is 797 g/mol. The van der Waals surface area contributed by atoms with Crippen LogP contribution in [0.3, 0.4) is 0 Å². The second-order valence-corrected chi connectivity index (χ2v) is 17.6. The summed E-state index contributed by atoms with van der Waals surface area (Å²) in [6, 6.07) is 39.4. The van der Waals surface area contributed by atoms with Crippen molar-refractivity contribution in [3.05, 3.63) is 137 Å². The van der Waals surface area contributed by atoms with Crippen LogP contribution in [0.5, 0.6) is 0 Å². The Hall–Kier alpha value is -4.48. The van der Waals surface area contributed by atoms with Gasteiger partial charge in [-0.1, -0.05) is 60.1 Å². The van der Waals surface area contributed by atoms with Crippen LogP contribution >= 0.6 is 23.4 Å². The first-order chi connectivity index (χ1) is 26.5. The van der Waals surface area contributed by atoms with Gasteiger partial charge in [0.25, 0.3) is 15.9 Å². The normalized spacial score (nSPS) is 14.1. The summed E-state index contributed by atoms with van der Waals surface area (Å²) in [5.74, 6) is 0.204. The van der Waals surface area contributed by atoms with Gasteiger partial charge in [0.1, 0.15) is 0 Å². The van der Waals surface area contributed by atoms with Crippen molar-refractivity contribution in [1.29, 1.82) is 0 Å². The van der Waals surface area contributed by atoms with Crippen molar-refractivity contribution in [2.24, 2.45) is 0 Å². The fourth-order valence-corrected chi connectivity index (χ4v) is 9.11. The number of anilines is 3. The number of halogens is 1. The van der Waals surface area contributed by atoms with Gasteiger partial charge in [-0.15, -0.1) is 11.8 Å². The molecule has 0 saturated carbocycles. The van der Waals surface area contributed by atoms with E-state index < -0.39 is 15.9 Å². The van der Waals surface area contributed by atoms with Gasteiger partial charge < -0.3 is 20.0 Å². The second-order valence-electron chi connectivity index (χ2n) is 14.4. The Kier molecular flexibility index (Phi) is 13.5. The maximum atomic E-state index is 13.4. The molecular formula is C44H50ClN5O3S2. The molecule has 1 heterocycles. The zero-order chi connectivity index (χ0) is 39.0. The Morgan fingerprint density at radius 3 is 2.22 bits per heavy atom. The Morgan fingerprint density at radius 2 is 1.55 bits per heavy atom. The second kappa shape index (κ2) is 18.4. The maximum Gasteiger partial charge on any atom is 0.264 e. The van der Waals surface area contributed by atoms with Gasteiger partial charge >= 0.3 is 0 Å². The van der Waals surface area contributed by atoms with Gasteiger partial charge in [-0.05, 0) is 131 Å². The van der Waals surface area contributed by atoms with E-state index in [1.807, 2.05) is 49.4 Å². The molecule has 5 aromatic carbocycles. The van der Waals surface area contributed by atoms with Crippen molar-refractivity contribution >= 4 is 56.4 Å². The molecule has 0 radical (unpaired) electrons. The number of piperidine rings is 1. The van der Waals surface area contributed by atoms with Crippen molar-refractivity contribution in [1.82, 2.24) is 9.62 Å². The Morgan fingerprint density at radius 1 is 0.873 bits per heavy atom. The summed E-state index contributed by atoms with van der Waals surface area (Å²) in [7, 11) is 2.19. The quantitative estimate of drug-likeness (QED) is 0.102. The number of nitrogens with one attached hydrogen (secondary N) is 2. The van der Waals surface area contributed by atoms with Gasteiger partial charge in [-0.3, -0.25) is 4.79 Å². The molecule has 0 unspecified atom stereocenters. The van der Waals surface area contributed by atoms with Crippen LogP contribution in [0.15, 0.2) is 131 Å². The van der Waals surface area contributed by atoms with Crippen molar-refractivity contribution in [3.63, 3.8) is 0 Å². The third-order valence-electron chi connectivity index (χ3n) is 10.2. The highest BCUT2D eigenvalue weighted by Crippen LogP contribution is 2.34. The summed E-state index contributed by atoms with van der Waals surface area (Å²) >= 11 is 7.95. The lowest BCUT2D eigenvalue weighted by Crippen LogP contribution is -2.43. The molecule has 8 nitrogen and oxygen atoms in total. The number of para-hydroxylation sites is 1. The molecule has 55 heavy (non-hydrogen) atoms. The summed E-state index contributed by atoms with van der Waals surface area (Å²) < 4.78 is 29.0. The van der Waals surface area contributed by atoms with E-state index in [-0.39, 0.29) is 16.5 Å². The lowest BCUT2D eigenvalue weighted by atomic mass is 9.98. The molecular weight excluding hydrogens is 746 g/mol. The van der Waals surface area contributed by atoms with Gasteiger partial charge in [0.2, 0.25) is 0 Å². The van der Waals surface area contributed by atoms with Gasteiger partial charge in [0.05, 0.1) is 4.90 Å². The van der Waals surface area contributed by atoms with E-state index >= 15 is 0 Å². The zero-order valence-corrected chi connectivity index (χ0v) is 34.3. The number of hydrogen-bond donors (Lipinski definition) is 2. The van der Waals surface area contributed by atoms with Crippen LogP contribution < -0.4 is 19.8 Å². The predicted octanol–water partition coefficient (Wildman–Crippen LogP) is 9.06. The Labute approximate surface area is 335 Å². The van der Waals surface area contributed by atoms with Gasteiger partial charge in [0, 0.05) is 76.1 Å². The molecule has 2 N–H and O–H groups in total. The van der Waals surface area contributed by atoms with E-state index in [9.17, 15) is 13.2 Å². The zero-order valence-electron chi connectivity index (χ0n) is 31.9. The van der Waals surface area contributed by atoms with Gasteiger partial charge in [-0.25, -0.2) is 13.1 Å². The van der Waals surface area contributed by atoms with E-state index in [2.05, 4.69) is 94.4 Å². The van der Waals surface area contributed by atoms with Crippen LogP contribution in [0, 0.1) is 6.92 Å². The minimum absolute atomic E-state index is 0.0488. The minimum Gasteiger partial charge on any atom is -0.381 e. The maximum absolute atomic E-state index is 13.4. The third kappa shape index (κ3) is 10.6. The van der Waals surface area contributed by atoms with Crippen molar-refractivity contribution in [3.8, 4) is 11.1 Å². The largest absolute Gasteiger partial charge is 0.381 e. The highest BCUT2D eigenvalue weighted by atomic mass is 35.5. The third-order valence-corrected chi connectivity index (χ3v) is 12.9. The molecule has 1 amide bonds. The summed E-state index contributed by atoms with van der Waals surface area (Å²) in [6.07, 6.45) is 2.88. The van der Waals surface area contributed by atoms with Gasteiger partial charge in [-0.2, -0.15) is 0 Å². The number of carbonyl (C=O) groups is 1. The minimum atomic E-state index is -4.09. The highest BCUT2D eigenvalue weighted by Gasteiger charge is 2.25. The number of thioether (sulfide) groups is 1. The highest BCUT2D eigenvalue weighted by molar-refractivity contribution is 7.99. The number of amides is 1. The monoisotopic (exact) mass is 795 g/mol. The molecule has 1 atom stereocenters. The number of rotatable bonds is 15. The van der Waals surface area contributed by atoms with Gasteiger partial charge in [0.15, 0.2) is 0 Å². The lowest BCUT2D eigenvalue weighted by Gasteiger charge is -2.39. The van der Waals surface area contributed by atoms with E-state index in [1.165, 1.54) is 16.1 Å². The molecule has 5 aromatic rings. The van der Waals surface area contributed by atoms with Crippen LogP contribution in [0.1, 0.15) is 35.2 Å². The van der Waals surface area contributed by atoms with Crippen molar-refractivity contribution in [2.75, 3.05) is 61.6 Å². The first-order valence-corrected chi connectivity index (χ1v) is 21.5. The van der Waals surface area contributed by atoms with E-state index in [1.54, 1.807) is 42.1 Å². The number of nitrogens with zero attached hydrogens (tertiary/aromatic N) is 3. The number of hydrogen-bond acceptors (Lipinski definition) is 8. The Bertz CT molecular complexity index is 2140. The topological polar surface area (TPSA) is 85.0 Å². The Balaban J connectivity index is 1.04. The number of aryl methyl sites for hydroxylation is 1. The van der Waals surface area contributed by atoms with Crippen LogP contribution in [0.25, 0.3) is 11.1 Å². The number of sulfonamides is 1. The molecule has 288 valence electrons. The smallest absolute Gasteiger partial charge is 0.264 e. The van der Waals surface area contributed by atoms with Crippen LogP contribution in [-0.2, 0) is 10.0 Å². The van der Waals surface area contributed by atoms with Crippen LogP contribution in [0.2, 0.25) is 5.02 Å². The molecule has 1 saturated heterocycles. The van der Waals surface area contributed by atoms with E-state index in [4.69, 9.17) is 11.6 Å². The standard InChI is InChI=1S/C44H50ClN5O3S2/c1-32-30-40(22-23-42(32)46-36(24-27-48(2)3)31-54-39-10-6-5-7-11-39)55(52,53)47-44(51)34-16-20-38(21-17-34)50-28-25-37(26-29-50)49(4)43-13-9-8-12-41(43)33-14-18-35(45)19-15-33/h5-23,30,36-37,46H,24-29,31H2,1-4H3,(H,47,51)/t36-/m0/s1. The van der Waals surface area contributed by atoms with Crippen molar-refractivity contribution in [2.45, 2.75) is 48.1 Å². The first-order valence-electron chi connectivity index (χ1n) is 18.7. The molecule has 6 rings (SSSR count). The molecule has 0 spiro atoms. The summed E-state index contributed by atoms with van der Waals surface area (Å²) in [5, 5.41) is 4.36. The molecule has 0 aromatic heterocycles. The lowest BCUT2D eigenvalue weighted by molar-refractivity contribution is 0.0981. The van der Waals surface area contributed by atoms with Crippen LogP contribution in [-0.4, -0.2) is 77.8 Å². The fourth-order valence-electron chi connectivity index (χ4n) is 6.94. The molecule has 1 aliphatic rings. The van der Waals surface area contributed by atoms with E-state index in [0.717, 1.165) is 72.2 Å². The molecule has 0 aliphatic carbocycles. The molecule has 1 aliphatic heterocycles. The molecule has 0 bridgehead atoms. The summed E-state index contributed by atoms with van der Waals surface area (Å²) in [6.45, 7) is 4.54. The SMILES string of the molecule is Cc1cc(S(=O)(=O)NC(=O)c2ccc(N3CCC(N(C)c4ccccc4-c4ccc(Cl)cc4)CC3)cc2)ccc1N[C@@H](CCN(C)C)CSc1ccccc1. The predicted molar refractivity (Wildman–Crippen MR) is 231 cm³/mol.